The van der Waals surface area contributed by atoms with Gasteiger partial charge in [-0.1, -0.05) is 147 Å². The molecule has 55 heavy (non-hydrogen) atoms. The topological polar surface area (TPSA) is 16.4 Å². The number of rotatable bonds is 3. The first kappa shape index (κ1) is 30.8. The van der Waals surface area contributed by atoms with E-state index in [2.05, 4.69) is 196 Å². The lowest BCUT2D eigenvalue weighted by atomic mass is 9.70. The van der Waals surface area contributed by atoms with Crippen LogP contribution in [-0.4, -0.2) is 0 Å². The van der Waals surface area contributed by atoms with E-state index in [-0.39, 0.29) is 5.41 Å². The van der Waals surface area contributed by atoms with Gasteiger partial charge in [0.25, 0.3) is 0 Å². The smallest absolute Gasteiger partial charge is 0.143 e. The molecule has 2 heteroatoms. The van der Waals surface area contributed by atoms with Gasteiger partial charge in [0.05, 0.1) is 5.41 Å². The summed E-state index contributed by atoms with van der Waals surface area (Å²) >= 11 is 0. The van der Waals surface area contributed by atoms with E-state index in [0.717, 1.165) is 39.0 Å². The van der Waals surface area contributed by atoms with Crippen molar-refractivity contribution >= 4 is 39.0 Å². The van der Waals surface area contributed by atoms with Crippen LogP contribution in [-0.2, 0) is 10.8 Å². The average Bonchev–Trinajstić information content (AvgIpc) is 3.91. The van der Waals surface area contributed by atoms with Gasteiger partial charge in [-0.15, -0.1) is 0 Å². The maximum atomic E-state index is 6.84. The van der Waals surface area contributed by atoms with Gasteiger partial charge in [-0.3, -0.25) is 0 Å². The van der Waals surface area contributed by atoms with Crippen LogP contribution in [0.3, 0.4) is 0 Å². The van der Waals surface area contributed by atoms with Gasteiger partial charge < -0.3 is 9.32 Å². The lowest BCUT2D eigenvalue weighted by molar-refractivity contribution is 0.660. The molecule has 12 rings (SSSR count). The Morgan fingerprint density at radius 1 is 0.418 bits per heavy atom. The third kappa shape index (κ3) is 3.89. The Morgan fingerprint density at radius 2 is 0.964 bits per heavy atom. The number of hydrogen-bond donors (Lipinski definition) is 0. The van der Waals surface area contributed by atoms with Crippen molar-refractivity contribution in [2.24, 2.45) is 0 Å². The molecule has 0 radical (unpaired) electrons. The van der Waals surface area contributed by atoms with E-state index in [1.54, 1.807) is 0 Å². The zero-order chi connectivity index (χ0) is 36.6. The molecule has 2 nitrogen and oxygen atoms in total. The van der Waals surface area contributed by atoms with Crippen molar-refractivity contribution < 1.29 is 4.42 Å². The van der Waals surface area contributed by atoms with Crippen LogP contribution in [0, 0.1) is 6.92 Å². The predicted octanol–water partition coefficient (Wildman–Crippen LogP) is 14.0. The molecule has 8 aromatic carbocycles. The number of fused-ring (bicyclic) bond motifs is 17. The molecular weight excluding hydrogens is 667 g/mol. The summed E-state index contributed by atoms with van der Waals surface area (Å²) in [6.07, 6.45) is 0. The maximum absolute atomic E-state index is 6.84. The SMILES string of the molecule is Cc1ccc(N(c2ccc3c(c2)C(C)(C)c2ccccc2-3)c2ccc3c(c2)C2(c4ccccc4-c4ccccc42)c2ccc4c(oc5ccccc54)c2-3)cc1. The second kappa shape index (κ2) is 10.7. The molecule has 0 saturated carbocycles. The first-order chi connectivity index (χ1) is 26.9. The molecule has 3 aliphatic carbocycles. The highest BCUT2D eigenvalue weighted by atomic mass is 16.3. The summed E-state index contributed by atoms with van der Waals surface area (Å²) in [6, 6.07) is 63.3. The van der Waals surface area contributed by atoms with Crippen molar-refractivity contribution in [3.8, 4) is 33.4 Å². The molecule has 0 atom stereocenters. The summed E-state index contributed by atoms with van der Waals surface area (Å²) in [4.78, 5) is 2.46. The van der Waals surface area contributed by atoms with Crippen LogP contribution >= 0.6 is 0 Å². The molecule has 0 aliphatic heterocycles. The summed E-state index contributed by atoms with van der Waals surface area (Å²) in [5.41, 5.74) is 21.5. The molecule has 0 unspecified atom stereocenters. The number of para-hydroxylation sites is 1. The second-order valence-corrected chi connectivity index (χ2v) is 16.1. The van der Waals surface area contributed by atoms with Crippen LogP contribution in [0.4, 0.5) is 17.1 Å². The number of hydrogen-bond acceptors (Lipinski definition) is 2. The minimum atomic E-state index is -0.512. The maximum Gasteiger partial charge on any atom is 0.143 e. The fourth-order valence-corrected chi connectivity index (χ4v) is 10.5. The van der Waals surface area contributed by atoms with Crippen molar-refractivity contribution in [2.75, 3.05) is 4.90 Å². The predicted molar refractivity (Wildman–Crippen MR) is 227 cm³/mol. The van der Waals surface area contributed by atoms with Crippen molar-refractivity contribution in [1.29, 1.82) is 0 Å². The Kier molecular flexibility index (Phi) is 6.01. The van der Waals surface area contributed by atoms with E-state index in [1.165, 1.54) is 72.3 Å². The Balaban J connectivity index is 1.15. The molecule has 0 N–H and O–H groups in total. The Labute approximate surface area is 320 Å². The molecule has 0 saturated heterocycles. The molecule has 1 spiro atoms. The second-order valence-electron chi connectivity index (χ2n) is 16.1. The van der Waals surface area contributed by atoms with Crippen LogP contribution in [0.5, 0.6) is 0 Å². The third-order valence-electron chi connectivity index (χ3n) is 13.0. The highest BCUT2D eigenvalue weighted by Gasteiger charge is 2.52. The first-order valence-corrected chi connectivity index (χ1v) is 19.3. The van der Waals surface area contributed by atoms with E-state index >= 15 is 0 Å². The van der Waals surface area contributed by atoms with Gasteiger partial charge >= 0.3 is 0 Å². The van der Waals surface area contributed by atoms with Crippen molar-refractivity contribution in [3.05, 3.63) is 209 Å². The highest BCUT2D eigenvalue weighted by molar-refractivity contribution is 6.13. The molecule has 9 aromatic rings. The first-order valence-electron chi connectivity index (χ1n) is 19.3. The largest absolute Gasteiger partial charge is 0.455 e. The van der Waals surface area contributed by atoms with Gasteiger partial charge in [0.1, 0.15) is 11.2 Å². The van der Waals surface area contributed by atoms with E-state index in [9.17, 15) is 0 Å². The van der Waals surface area contributed by atoms with Crippen LogP contribution in [0.25, 0.3) is 55.3 Å². The molecule has 0 bridgehead atoms. The summed E-state index contributed by atoms with van der Waals surface area (Å²) in [5.74, 6) is 0. The molecule has 1 aromatic heterocycles. The minimum absolute atomic E-state index is 0.111. The fourth-order valence-electron chi connectivity index (χ4n) is 10.5. The van der Waals surface area contributed by atoms with Gasteiger partial charge in [-0.05, 0) is 111 Å². The van der Waals surface area contributed by atoms with Gasteiger partial charge in [0.2, 0.25) is 0 Å². The van der Waals surface area contributed by atoms with Crippen LogP contribution in [0.1, 0.15) is 52.8 Å². The summed E-state index contributed by atoms with van der Waals surface area (Å²) < 4.78 is 6.84. The monoisotopic (exact) mass is 703 g/mol. The molecule has 0 fully saturated rings. The Morgan fingerprint density at radius 3 is 1.67 bits per heavy atom. The van der Waals surface area contributed by atoms with Crippen LogP contribution in [0.15, 0.2) is 174 Å². The molecule has 260 valence electrons. The van der Waals surface area contributed by atoms with Crippen LogP contribution in [0.2, 0.25) is 0 Å². The zero-order valence-corrected chi connectivity index (χ0v) is 31.0. The standard InChI is InChI=1S/C53H37NO/c1-32-20-22-33(23-21-32)54(34-24-26-39-36-12-4-8-16-43(36)52(2,3)47(39)30-34)35-25-27-42-48(31-35)53(44-17-9-5-13-37(44)38-14-6-10-18-45(38)53)46-29-28-41-40-15-7-11-19-49(40)55-51(41)50(42)46/h4-31H,1-3H3. The Hall–Kier alpha value is -6.64. The van der Waals surface area contributed by atoms with Gasteiger partial charge in [-0.2, -0.15) is 0 Å². The van der Waals surface area contributed by atoms with Crippen molar-refractivity contribution in [3.63, 3.8) is 0 Å². The fraction of sp³-hybridized carbons (Fsp3) is 0.0943. The van der Waals surface area contributed by atoms with Gasteiger partial charge in [0, 0.05) is 38.8 Å². The normalized spacial score (nSPS) is 14.7. The third-order valence-corrected chi connectivity index (χ3v) is 13.0. The van der Waals surface area contributed by atoms with E-state index in [0.29, 0.717) is 0 Å². The molecule has 3 aliphatic rings. The molecule has 1 heterocycles. The lowest BCUT2D eigenvalue weighted by Gasteiger charge is -2.32. The van der Waals surface area contributed by atoms with Gasteiger partial charge in [0.15, 0.2) is 0 Å². The Bertz CT molecular complexity index is 3040. The van der Waals surface area contributed by atoms with E-state index in [1.807, 2.05) is 0 Å². The van der Waals surface area contributed by atoms with E-state index < -0.39 is 5.41 Å². The average molecular weight is 704 g/mol. The summed E-state index contributed by atoms with van der Waals surface area (Å²) in [6.45, 7) is 6.89. The molecular formula is C53H37NO. The summed E-state index contributed by atoms with van der Waals surface area (Å²) in [7, 11) is 0. The van der Waals surface area contributed by atoms with Crippen molar-refractivity contribution in [2.45, 2.75) is 31.6 Å². The highest BCUT2D eigenvalue weighted by Crippen LogP contribution is 2.65. The summed E-state index contributed by atoms with van der Waals surface area (Å²) in [5, 5.41) is 2.31. The number of anilines is 3. The van der Waals surface area contributed by atoms with Gasteiger partial charge in [-0.25, -0.2) is 0 Å². The number of furan rings is 1. The molecule has 0 amide bonds. The van der Waals surface area contributed by atoms with E-state index in [4.69, 9.17) is 4.42 Å². The zero-order valence-electron chi connectivity index (χ0n) is 31.0. The number of aryl methyl sites for hydroxylation is 1. The number of nitrogens with zero attached hydrogens (tertiary/aromatic N) is 1. The minimum Gasteiger partial charge on any atom is -0.455 e. The number of benzene rings is 8. The quantitative estimate of drug-likeness (QED) is 0.182. The van der Waals surface area contributed by atoms with Crippen LogP contribution < -0.4 is 4.90 Å². The lowest BCUT2D eigenvalue weighted by Crippen LogP contribution is -2.26. The van der Waals surface area contributed by atoms with Crippen molar-refractivity contribution in [1.82, 2.24) is 0 Å².